The second kappa shape index (κ2) is 2.91. The van der Waals surface area contributed by atoms with Gasteiger partial charge in [-0.3, -0.25) is 0 Å². The number of fused-ring (bicyclic) bond motifs is 3. The molecule has 2 nitrogen and oxygen atoms in total. The smallest absolute Gasteiger partial charge is 0.0656 e. The Bertz CT molecular complexity index is 477. The van der Waals surface area contributed by atoms with Gasteiger partial charge in [-0.25, -0.2) is 0 Å². The molecular formula is C12H12N2. The van der Waals surface area contributed by atoms with Crippen LogP contribution >= 0.6 is 0 Å². The molecule has 0 unspecified atom stereocenters. The summed E-state index contributed by atoms with van der Waals surface area (Å²) in [6, 6.07) is 12.8. The van der Waals surface area contributed by atoms with Crippen LogP contribution in [-0.4, -0.2) is 13.1 Å². The lowest BCUT2D eigenvalue weighted by molar-refractivity contribution is 1.05. The molecule has 0 bridgehead atoms. The van der Waals surface area contributed by atoms with Crippen molar-refractivity contribution in [1.82, 2.24) is 0 Å². The lowest BCUT2D eigenvalue weighted by Gasteiger charge is -2.21. The van der Waals surface area contributed by atoms with Gasteiger partial charge in [-0.1, -0.05) is 30.3 Å². The van der Waals surface area contributed by atoms with E-state index in [1.165, 1.54) is 22.1 Å². The highest BCUT2D eigenvalue weighted by atomic mass is 15.0. The summed E-state index contributed by atoms with van der Waals surface area (Å²) in [6.07, 6.45) is 0. The minimum atomic E-state index is 1.00. The van der Waals surface area contributed by atoms with Crippen LogP contribution in [-0.2, 0) is 0 Å². The van der Waals surface area contributed by atoms with Crippen molar-refractivity contribution in [2.45, 2.75) is 0 Å². The first-order chi connectivity index (χ1) is 6.95. The van der Waals surface area contributed by atoms with Crippen molar-refractivity contribution in [3.8, 4) is 0 Å². The second-order valence-electron chi connectivity index (χ2n) is 3.56. The summed E-state index contributed by atoms with van der Waals surface area (Å²) in [6.45, 7) is 2.01. The van der Waals surface area contributed by atoms with Gasteiger partial charge in [0, 0.05) is 18.5 Å². The van der Waals surface area contributed by atoms with Gasteiger partial charge in [0.2, 0.25) is 0 Å². The Hall–Kier alpha value is -1.70. The normalized spacial score (nSPS) is 14.3. The van der Waals surface area contributed by atoms with Crippen LogP contribution in [0.1, 0.15) is 0 Å². The molecule has 2 aromatic carbocycles. The van der Waals surface area contributed by atoms with Gasteiger partial charge >= 0.3 is 0 Å². The molecule has 70 valence electrons. The first kappa shape index (κ1) is 7.68. The fraction of sp³-hybridized carbons (Fsp3) is 0.167. The molecule has 2 aromatic rings. The molecule has 14 heavy (non-hydrogen) atoms. The maximum Gasteiger partial charge on any atom is 0.0656 e. The number of nitrogens with one attached hydrogen (secondary N) is 2. The molecule has 3 rings (SSSR count). The second-order valence-corrected chi connectivity index (χ2v) is 3.56. The van der Waals surface area contributed by atoms with E-state index in [9.17, 15) is 0 Å². The summed E-state index contributed by atoms with van der Waals surface area (Å²) in [7, 11) is 0. The molecule has 1 aliphatic rings. The molecule has 0 radical (unpaired) electrons. The fourth-order valence-corrected chi connectivity index (χ4v) is 1.99. The van der Waals surface area contributed by atoms with Crippen molar-refractivity contribution in [1.29, 1.82) is 0 Å². The van der Waals surface area contributed by atoms with Gasteiger partial charge in [0.1, 0.15) is 0 Å². The molecule has 2 N–H and O–H groups in total. The van der Waals surface area contributed by atoms with Crippen molar-refractivity contribution in [3.05, 3.63) is 36.4 Å². The Balaban J connectivity index is 2.34. The van der Waals surface area contributed by atoms with Crippen molar-refractivity contribution in [2.24, 2.45) is 0 Å². The molecule has 1 heterocycles. The van der Waals surface area contributed by atoms with E-state index in [1.54, 1.807) is 0 Å². The largest absolute Gasteiger partial charge is 0.382 e. The van der Waals surface area contributed by atoms with E-state index >= 15 is 0 Å². The number of rotatable bonds is 0. The van der Waals surface area contributed by atoms with E-state index in [0.29, 0.717) is 0 Å². The summed E-state index contributed by atoms with van der Waals surface area (Å²) >= 11 is 0. The van der Waals surface area contributed by atoms with Crippen LogP contribution in [0.3, 0.4) is 0 Å². The predicted octanol–water partition coefficient (Wildman–Crippen LogP) is 2.68. The van der Waals surface area contributed by atoms with E-state index in [0.717, 1.165) is 13.1 Å². The van der Waals surface area contributed by atoms with Crippen molar-refractivity contribution in [3.63, 3.8) is 0 Å². The van der Waals surface area contributed by atoms with E-state index in [2.05, 4.69) is 47.0 Å². The average Bonchev–Trinajstić information content (AvgIpc) is 2.29. The highest BCUT2D eigenvalue weighted by Gasteiger charge is 2.09. The van der Waals surface area contributed by atoms with Gasteiger partial charge in [0.15, 0.2) is 0 Å². The Morgan fingerprint density at radius 1 is 0.857 bits per heavy atom. The minimum absolute atomic E-state index is 1.00. The van der Waals surface area contributed by atoms with E-state index in [1.807, 2.05) is 0 Å². The quantitative estimate of drug-likeness (QED) is 0.657. The molecule has 0 spiro atoms. The molecule has 2 heteroatoms. The zero-order valence-corrected chi connectivity index (χ0v) is 7.88. The molecular weight excluding hydrogens is 172 g/mol. The lowest BCUT2D eigenvalue weighted by Crippen LogP contribution is -2.20. The lowest BCUT2D eigenvalue weighted by atomic mass is 10.1. The van der Waals surface area contributed by atoms with Gasteiger partial charge in [0.05, 0.1) is 11.4 Å². The minimum Gasteiger partial charge on any atom is -0.382 e. The van der Waals surface area contributed by atoms with Crippen LogP contribution < -0.4 is 10.6 Å². The first-order valence-corrected chi connectivity index (χ1v) is 4.95. The fourth-order valence-electron chi connectivity index (χ4n) is 1.99. The van der Waals surface area contributed by atoms with Gasteiger partial charge in [-0.15, -0.1) is 0 Å². The van der Waals surface area contributed by atoms with Crippen molar-refractivity contribution >= 4 is 22.1 Å². The first-order valence-electron chi connectivity index (χ1n) is 4.95. The molecule has 0 aromatic heterocycles. The van der Waals surface area contributed by atoms with Gasteiger partial charge in [-0.2, -0.15) is 0 Å². The van der Waals surface area contributed by atoms with Gasteiger partial charge < -0.3 is 10.6 Å². The molecule has 0 saturated carbocycles. The summed E-state index contributed by atoms with van der Waals surface area (Å²) in [5.41, 5.74) is 2.46. The third kappa shape index (κ3) is 1.04. The SMILES string of the molecule is c1ccc2c3c(ccc2c1)NCCN3. The van der Waals surface area contributed by atoms with E-state index in [4.69, 9.17) is 0 Å². The van der Waals surface area contributed by atoms with Crippen LogP contribution in [0.15, 0.2) is 36.4 Å². The average molecular weight is 184 g/mol. The highest BCUT2D eigenvalue weighted by molar-refractivity contribution is 6.00. The summed E-state index contributed by atoms with van der Waals surface area (Å²) in [4.78, 5) is 0. The Morgan fingerprint density at radius 3 is 2.71 bits per heavy atom. The third-order valence-electron chi connectivity index (χ3n) is 2.67. The van der Waals surface area contributed by atoms with Crippen LogP contribution in [0, 0.1) is 0 Å². The maximum absolute atomic E-state index is 3.44. The topological polar surface area (TPSA) is 24.1 Å². The molecule has 0 atom stereocenters. The van der Waals surface area contributed by atoms with E-state index < -0.39 is 0 Å². The molecule has 0 fully saturated rings. The third-order valence-corrected chi connectivity index (χ3v) is 2.67. The predicted molar refractivity (Wildman–Crippen MR) is 60.9 cm³/mol. The number of benzene rings is 2. The van der Waals surface area contributed by atoms with Gasteiger partial charge in [-0.05, 0) is 11.5 Å². The Kier molecular flexibility index (Phi) is 1.60. The van der Waals surface area contributed by atoms with Crippen LogP contribution in [0.4, 0.5) is 11.4 Å². The van der Waals surface area contributed by atoms with Crippen molar-refractivity contribution < 1.29 is 0 Å². The van der Waals surface area contributed by atoms with Crippen LogP contribution in [0.2, 0.25) is 0 Å². The molecule has 0 saturated heterocycles. The summed E-state index contributed by atoms with van der Waals surface area (Å²) in [5, 5.41) is 9.43. The Labute approximate surface area is 82.9 Å². The maximum atomic E-state index is 3.44. The number of anilines is 2. The zero-order chi connectivity index (χ0) is 9.38. The molecule has 1 aliphatic heterocycles. The number of hydrogen-bond acceptors (Lipinski definition) is 2. The van der Waals surface area contributed by atoms with Crippen LogP contribution in [0.25, 0.3) is 10.8 Å². The standard InChI is InChI=1S/C12H12N2/c1-2-4-10-9(3-1)5-6-11-12(10)14-8-7-13-11/h1-6,13-14H,7-8H2. The number of hydrogen-bond donors (Lipinski definition) is 2. The summed E-state index contributed by atoms with van der Waals surface area (Å²) < 4.78 is 0. The van der Waals surface area contributed by atoms with Crippen LogP contribution in [0.5, 0.6) is 0 Å². The van der Waals surface area contributed by atoms with E-state index in [-0.39, 0.29) is 0 Å². The monoisotopic (exact) mass is 184 g/mol. The molecule has 0 aliphatic carbocycles. The summed E-state index contributed by atoms with van der Waals surface area (Å²) in [5.74, 6) is 0. The van der Waals surface area contributed by atoms with Crippen molar-refractivity contribution in [2.75, 3.05) is 23.7 Å². The highest BCUT2D eigenvalue weighted by Crippen LogP contribution is 2.32. The zero-order valence-electron chi connectivity index (χ0n) is 7.88. The molecule has 0 amide bonds. The van der Waals surface area contributed by atoms with Gasteiger partial charge in [0.25, 0.3) is 0 Å². The Morgan fingerprint density at radius 2 is 1.71 bits per heavy atom.